The van der Waals surface area contributed by atoms with Gasteiger partial charge in [0, 0.05) is 18.3 Å². The maximum absolute atomic E-state index is 11.2. The van der Waals surface area contributed by atoms with E-state index < -0.39 is 10.0 Å². The number of thiazole rings is 1. The van der Waals surface area contributed by atoms with Crippen molar-refractivity contribution in [2.45, 2.75) is 19.8 Å². The first-order chi connectivity index (χ1) is 6.64. The normalized spacial score (nSPS) is 11.8. The standard InChI is InChI=1S/C8H14N2O2S2/c1-2-5-14(11,12)10-4-3-8-6-13-7-9-8/h6-7,10H,2-5H2,1H3. The lowest BCUT2D eigenvalue weighted by atomic mass is 10.3. The number of aromatic nitrogens is 1. The first-order valence-corrected chi connectivity index (χ1v) is 7.08. The van der Waals surface area contributed by atoms with Crippen LogP contribution >= 0.6 is 11.3 Å². The molecule has 6 heteroatoms. The predicted octanol–water partition coefficient (Wildman–Crippen LogP) is 1.01. The summed E-state index contributed by atoms with van der Waals surface area (Å²) in [7, 11) is -3.06. The molecule has 14 heavy (non-hydrogen) atoms. The summed E-state index contributed by atoms with van der Waals surface area (Å²) in [5.74, 6) is 0.198. The minimum atomic E-state index is -3.06. The highest BCUT2D eigenvalue weighted by Crippen LogP contribution is 2.01. The maximum atomic E-state index is 11.2. The summed E-state index contributed by atoms with van der Waals surface area (Å²) in [6.45, 7) is 2.28. The Bertz CT molecular complexity index is 345. The van der Waals surface area contributed by atoms with Gasteiger partial charge in [-0.15, -0.1) is 11.3 Å². The zero-order chi connectivity index (χ0) is 10.4. The molecule has 0 unspecified atom stereocenters. The molecule has 1 aromatic rings. The summed E-state index contributed by atoms with van der Waals surface area (Å²) in [6, 6.07) is 0. The van der Waals surface area contributed by atoms with E-state index in [4.69, 9.17) is 0 Å². The molecule has 0 aromatic carbocycles. The van der Waals surface area contributed by atoms with Crippen LogP contribution < -0.4 is 4.72 Å². The summed E-state index contributed by atoms with van der Waals surface area (Å²) in [4.78, 5) is 4.07. The first kappa shape index (κ1) is 11.6. The monoisotopic (exact) mass is 234 g/mol. The van der Waals surface area contributed by atoms with Gasteiger partial charge in [0.05, 0.1) is 17.0 Å². The number of hydrogen-bond donors (Lipinski definition) is 1. The minimum Gasteiger partial charge on any atom is -0.250 e. The van der Waals surface area contributed by atoms with Gasteiger partial charge in [0.1, 0.15) is 0 Å². The van der Waals surface area contributed by atoms with Crippen LogP contribution in [0, 0.1) is 0 Å². The van der Waals surface area contributed by atoms with E-state index in [9.17, 15) is 8.42 Å². The van der Waals surface area contributed by atoms with Crippen molar-refractivity contribution in [3.05, 3.63) is 16.6 Å². The van der Waals surface area contributed by atoms with Gasteiger partial charge in [-0.25, -0.2) is 18.1 Å². The number of hydrogen-bond acceptors (Lipinski definition) is 4. The van der Waals surface area contributed by atoms with Crippen molar-refractivity contribution in [1.29, 1.82) is 0 Å². The third-order valence-corrected chi connectivity index (χ3v) is 3.88. The van der Waals surface area contributed by atoms with Crippen molar-refractivity contribution in [2.75, 3.05) is 12.3 Å². The molecule has 1 N–H and O–H groups in total. The Morgan fingerprint density at radius 1 is 1.57 bits per heavy atom. The fourth-order valence-corrected chi connectivity index (χ4v) is 2.72. The second kappa shape index (κ2) is 5.43. The molecule has 0 spiro atoms. The van der Waals surface area contributed by atoms with Crippen molar-refractivity contribution in [3.8, 4) is 0 Å². The van der Waals surface area contributed by atoms with Crippen molar-refractivity contribution >= 4 is 21.4 Å². The van der Waals surface area contributed by atoms with Crippen LogP contribution in [0.25, 0.3) is 0 Å². The molecule has 0 bridgehead atoms. The molecule has 0 aliphatic rings. The molecule has 0 saturated heterocycles. The molecule has 0 fully saturated rings. The first-order valence-electron chi connectivity index (χ1n) is 4.48. The highest BCUT2D eigenvalue weighted by Gasteiger charge is 2.07. The van der Waals surface area contributed by atoms with Gasteiger partial charge in [-0.3, -0.25) is 0 Å². The van der Waals surface area contributed by atoms with Gasteiger partial charge in [-0.2, -0.15) is 0 Å². The molecular formula is C8H14N2O2S2. The van der Waals surface area contributed by atoms with E-state index in [0.717, 1.165) is 5.69 Å². The summed E-state index contributed by atoms with van der Waals surface area (Å²) >= 11 is 1.52. The molecule has 0 saturated carbocycles. The molecule has 80 valence electrons. The molecule has 1 heterocycles. The molecule has 1 rings (SSSR count). The molecule has 0 atom stereocenters. The van der Waals surface area contributed by atoms with Gasteiger partial charge in [0.2, 0.25) is 10.0 Å². The predicted molar refractivity (Wildman–Crippen MR) is 57.9 cm³/mol. The summed E-state index contributed by atoms with van der Waals surface area (Å²) in [6.07, 6.45) is 1.30. The van der Waals surface area contributed by atoms with Gasteiger partial charge in [-0.1, -0.05) is 6.92 Å². The number of nitrogens with zero attached hydrogens (tertiary/aromatic N) is 1. The number of rotatable bonds is 6. The number of nitrogens with one attached hydrogen (secondary N) is 1. The average Bonchev–Trinajstić information content (AvgIpc) is 2.56. The van der Waals surface area contributed by atoms with Crippen LogP contribution in [-0.4, -0.2) is 25.7 Å². The van der Waals surface area contributed by atoms with Crippen LogP contribution in [0.3, 0.4) is 0 Å². The zero-order valence-corrected chi connectivity index (χ0v) is 9.70. The lowest BCUT2D eigenvalue weighted by molar-refractivity contribution is 0.580. The van der Waals surface area contributed by atoms with Gasteiger partial charge in [-0.05, 0) is 6.42 Å². The fourth-order valence-electron chi connectivity index (χ4n) is 1.04. The molecule has 0 radical (unpaired) electrons. The largest absolute Gasteiger partial charge is 0.250 e. The van der Waals surface area contributed by atoms with E-state index >= 15 is 0 Å². The third-order valence-electron chi connectivity index (χ3n) is 1.66. The Morgan fingerprint density at radius 3 is 2.93 bits per heavy atom. The van der Waals surface area contributed by atoms with Gasteiger partial charge < -0.3 is 0 Å². The maximum Gasteiger partial charge on any atom is 0.211 e. The Kier molecular flexibility index (Phi) is 4.50. The van der Waals surface area contributed by atoms with E-state index in [-0.39, 0.29) is 5.75 Å². The van der Waals surface area contributed by atoms with Crippen LogP contribution in [0.15, 0.2) is 10.9 Å². The lowest BCUT2D eigenvalue weighted by Gasteiger charge is -2.03. The van der Waals surface area contributed by atoms with E-state index in [0.29, 0.717) is 19.4 Å². The van der Waals surface area contributed by atoms with Crippen LogP contribution in [0.2, 0.25) is 0 Å². The van der Waals surface area contributed by atoms with Crippen LogP contribution in [0.4, 0.5) is 0 Å². The Hall–Kier alpha value is -0.460. The van der Waals surface area contributed by atoms with E-state index in [1.807, 2.05) is 12.3 Å². The highest BCUT2D eigenvalue weighted by molar-refractivity contribution is 7.89. The van der Waals surface area contributed by atoms with Crippen molar-refractivity contribution in [1.82, 2.24) is 9.71 Å². The van der Waals surface area contributed by atoms with Crippen molar-refractivity contribution in [2.24, 2.45) is 0 Å². The van der Waals surface area contributed by atoms with Crippen LogP contribution in [0.5, 0.6) is 0 Å². The van der Waals surface area contributed by atoms with Crippen LogP contribution in [-0.2, 0) is 16.4 Å². The smallest absolute Gasteiger partial charge is 0.211 e. The van der Waals surface area contributed by atoms with Gasteiger partial charge >= 0.3 is 0 Å². The Morgan fingerprint density at radius 2 is 2.36 bits per heavy atom. The third kappa shape index (κ3) is 4.17. The SMILES string of the molecule is CCCS(=O)(=O)NCCc1cscn1. The van der Waals surface area contributed by atoms with Gasteiger partial charge in [0.25, 0.3) is 0 Å². The van der Waals surface area contributed by atoms with E-state index in [1.165, 1.54) is 11.3 Å². The summed E-state index contributed by atoms with van der Waals surface area (Å²) < 4.78 is 25.0. The van der Waals surface area contributed by atoms with E-state index in [2.05, 4.69) is 9.71 Å². The van der Waals surface area contributed by atoms with Crippen LogP contribution in [0.1, 0.15) is 19.0 Å². The quantitative estimate of drug-likeness (QED) is 0.799. The second-order valence-electron chi connectivity index (χ2n) is 2.94. The van der Waals surface area contributed by atoms with Crippen molar-refractivity contribution in [3.63, 3.8) is 0 Å². The van der Waals surface area contributed by atoms with E-state index in [1.54, 1.807) is 5.51 Å². The molecule has 1 aromatic heterocycles. The fraction of sp³-hybridized carbons (Fsp3) is 0.625. The Balaban J connectivity index is 2.28. The summed E-state index contributed by atoms with van der Waals surface area (Å²) in [5, 5.41) is 1.92. The zero-order valence-electron chi connectivity index (χ0n) is 8.06. The topological polar surface area (TPSA) is 59.1 Å². The minimum absolute atomic E-state index is 0.198. The lowest BCUT2D eigenvalue weighted by Crippen LogP contribution is -2.28. The summed E-state index contributed by atoms with van der Waals surface area (Å²) in [5.41, 5.74) is 2.68. The average molecular weight is 234 g/mol. The number of sulfonamides is 1. The van der Waals surface area contributed by atoms with Crippen molar-refractivity contribution < 1.29 is 8.42 Å². The molecular weight excluding hydrogens is 220 g/mol. The molecule has 4 nitrogen and oxygen atoms in total. The molecule has 0 aliphatic heterocycles. The van der Waals surface area contributed by atoms with Gasteiger partial charge in [0.15, 0.2) is 0 Å². The Labute approximate surface area is 88.4 Å². The highest BCUT2D eigenvalue weighted by atomic mass is 32.2. The second-order valence-corrected chi connectivity index (χ2v) is 5.59. The molecule has 0 amide bonds. The molecule has 0 aliphatic carbocycles.